The van der Waals surface area contributed by atoms with E-state index in [0.717, 1.165) is 24.1 Å². The topological polar surface area (TPSA) is 45.8 Å². The maximum absolute atomic E-state index is 12.6. The maximum atomic E-state index is 12.6. The Hall–Kier alpha value is -2.34. The van der Waals surface area contributed by atoms with Crippen molar-refractivity contribution >= 4 is 0 Å². The summed E-state index contributed by atoms with van der Waals surface area (Å²) in [6.45, 7) is 4.34. The number of rotatable bonds is 4. The molecule has 0 spiro atoms. The summed E-state index contributed by atoms with van der Waals surface area (Å²) in [5, 5.41) is 8.86. The van der Waals surface area contributed by atoms with Gasteiger partial charge in [-0.05, 0) is 36.0 Å². The van der Waals surface area contributed by atoms with Gasteiger partial charge in [-0.1, -0.05) is 44.2 Å². The second kappa shape index (κ2) is 5.81. The average molecular weight is 292 g/mol. The standard InChI is InChI=1S/C19H20N2O/c1-13(2)14-3-5-15(6-4-14)18-10-7-16(11-12-20)19(22)21(18)17-8-9-17/h3-7,10,13,17H,8-9,11H2,1-2H3. The Balaban J connectivity index is 2.09. The van der Waals surface area contributed by atoms with Crippen LogP contribution < -0.4 is 5.56 Å². The molecule has 0 unspecified atom stereocenters. The summed E-state index contributed by atoms with van der Waals surface area (Å²) in [5.41, 5.74) is 3.91. The van der Waals surface area contributed by atoms with Gasteiger partial charge in [-0.2, -0.15) is 5.26 Å². The monoisotopic (exact) mass is 292 g/mol. The predicted molar refractivity (Wildman–Crippen MR) is 87.8 cm³/mol. The number of pyridine rings is 1. The molecule has 3 heteroatoms. The van der Waals surface area contributed by atoms with E-state index in [0.29, 0.717) is 17.5 Å². The largest absolute Gasteiger partial charge is 0.305 e. The van der Waals surface area contributed by atoms with Gasteiger partial charge in [0.25, 0.3) is 5.56 Å². The molecule has 22 heavy (non-hydrogen) atoms. The summed E-state index contributed by atoms with van der Waals surface area (Å²) in [7, 11) is 0. The van der Waals surface area contributed by atoms with Crippen molar-refractivity contribution in [2.45, 2.75) is 45.1 Å². The lowest BCUT2D eigenvalue weighted by Crippen LogP contribution is -2.24. The van der Waals surface area contributed by atoms with Crippen LogP contribution in [0.25, 0.3) is 11.3 Å². The van der Waals surface area contributed by atoms with E-state index in [1.165, 1.54) is 5.56 Å². The Morgan fingerprint density at radius 1 is 1.18 bits per heavy atom. The van der Waals surface area contributed by atoms with Crippen LogP contribution in [0.4, 0.5) is 0 Å². The van der Waals surface area contributed by atoms with Gasteiger partial charge in [-0.25, -0.2) is 0 Å². The Labute approximate surface area is 130 Å². The van der Waals surface area contributed by atoms with Crippen molar-refractivity contribution in [1.82, 2.24) is 4.57 Å². The molecule has 112 valence electrons. The summed E-state index contributed by atoms with van der Waals surface area (Å²) in [6.07, 6.45) is 2.28. The summed E-state index contributed by atoms with van der Waals surface area (Å²) in [6, 6.07) is 14.6. The highest BCUT2D eigenvalue weighted by Gasteiger charge is 2.27. The molecule has 0 amide bonds. The number of hydrogen-bond acceptors (Lipinski definition) is 2. The van der Waals surface area contributed by atoms with Crippen LogP contribution in [0, 0.1) is 11.3 Å². The molecule has 1 aliphatic rings. The molecule has 0 bridgehead atoms. The van der Waals surface area contributed by atoms with Gasteiger partial charge in [-0.15, -0.1) is 0 Å². The highest BCUT2D eigenvalue weighted by atomic mass is 16.1. The van der Waals surface area contributed by atoms with Crippen LogP contribution in [0.3, 0.4) is 0 Å². The first-order chi connectivity index (χ1) is 10.6. The Bertz CT molecular complexity index is 775. The van der Waals surface area contributed by atoms with Gasteiger partial charge in [0, 0.05) is 11.6 Å². The van der Waals surface area contributed by atoms with Gasteiger partial charge in [0.05, 0.1) is 18.2 Å². The second-order valence-corrected chi connectivity index (χ2v) is 6.26. The normalized spacial score (nSPS) is 14.1. The van der Waals surface area contributed by atoms with Gasteiger partial charge in [0.15, 0.2) is 0 Å². The quantitative estimate of drug-likeness (QED) is 0.853. The summed E-state index contributed by atoms with van der Waals surface area (Å²) in [5.74, 6) is 0.498. The zero-order valence-corrected chi connectivity index (χ0v) is 13.0. The molecule has 0 N–H and O–H groups in total. The SMILES string of the molecule is CC(C)c1ccc(-c2ccc(CC#N)c(=O)n2C2CC2)cc1. The van der Waals surface area contributed by atoms with Gasteiger partial charge in [0.2, 0.25) is 0 Å². The first-order valence-electron chi connectivity index (χ1n) is 7.83. The fourth-order valence-electron chi connectivity index (χ4n) is 2.78. The van der Waals surface area contributed by atoms with E-state index in [-0.39, 0.29) is 12.0 Å². The Kier molecular flexibility index (Phi) is 3.85. The van der Waals surface area contributed by atoms with Crippen LogP contribution in [-0.2, 0) is 6.42 Å². The molecule has 1 heterocycles. The van der Waals surface area contributed by atoms with E-state index in [2.05, 4.69) is 44.2 Å². The van der Waals surface area contributed by atoms with Crippen LogP contribution >= 0.6 is 0 Å². The van der Waals surface area contributed by atoms with E-state index in [1.54, 1.807) is 6.07 Å². The van der Waals surface area contributed by atoms with Crippen molar-refractivity contribution in [2.75, 3.05) is 0 Å². The number of hydrogen-bond donors (Lipinski definition) is 0. The lowest BCUT2D eigenvalue weighted by molar-refractivity contribution is 0.708. The lowest BCUT2D eigenvalue weighted by Gasteiger charge is -2.14. The molecule has 0 radical (unpaired) electrons. The second-order valence-electron chi connectivity index (χ2n) is 6.26. The van der Waals surface area contributed by atoms with E-state index >= 15 is 0 Å². The lowest BCUT2D eigenvalue weighted by atomic mass is 10.00. The van der Waals surface area contributed by atoms with Crippen LogP contribution in [0.5, 0.6) is 0 Å². The van der Waals surface area contributed by atoms with Gasteiger partial charge in [-0.3, -0.25) is 4.79 Å². The molecule has 1 aliphatic carbocycles. The number of nitriles is 1. The summed E-state index contributed by atoms with van der Waals surface area (Å²) in [4.78, 5) is 12.6. The molecule has 0 atom stereocenters. The minimum absolute atomic E-state index is 0.00511. The predicted octanol–water partition coefficient (Wildman–Crippen LogP) is 4.04. The smallest absolute Gasteiger partial charge is 0.255 e. The molecule has 3 nitrogen and oxygen atoms in total. The molecule has 1 fully saturated rings. The van der Waals surface area contributed by atoms with Crippen molar-refractivity contribution in [3.05, 3.63) is 57.9 Å². The third-order valence-corrected chi connectivity index (χ3v) is 4.25. The summed E-state index contributed by atoms with van der Waals surface area (Å²) >= 11 is 0. The zero-order valence-electron chi connectivity index (χ0n) is 13.0. The minimum atomic E-state index is -0.00511. The highest BCUT2D eigenvalue weighted by Crippen LogP contribution is 2.37. The molecule has 3 rings (SSSR count). The fourth-order valence-corrected chi connectivity index (χ4v) is 2.78. The Morgan fingerprint density at radius 2 is 1.86 bits per heavy atom. The first-order valence-corrected chi connectivity index (χ1v) is 7.83. The number of aromatic nitrogens is 1. The molecular weight excluding hydrogens is 272 g/mol. The molecule has 1 aromatic heterocycles. The van der Waals surface area contributed by atoms with Gasteiger partial charge in [0.1, 0.15) is 0 Å². The third-order valence-electron chi connectivity index (χ3n) is 4.25. The molecule has 1 aromatic carbocycles. The number of benzene rings is 1. The van der Waals surface area contributed by atoms with E-state index in [1.807, 2.05) is 10.6 Å². The van der Waals surface area contributed by atoms with Crippen LogP contribution in [-0.4, -0.2) is 4.57 Å². The minimum Gasteiger partial charge on any atom is -0.305 e. The summed E-state index contributed by atoms with van der Waals surface area (Å²) < 4.78 is 1.89. The first kappa shape index (κ1) is 14.6. The number of nitrogens with zero attached hydrogens (tertiary/aromatic N) is 2. The molecule has 2 aromatic rings. The average Bonchev–Trinajstić information content (AvgIpc) is 3.34. The van der Waals surface area contributed by atoms with Crippen LogP contribution in [0.1, 0.15) is 49.8 Å². The zero-order chi connectivity index (χ0) is 15.7. The fraction of sp³-hybridized carbons (Fsp3) is 0.368. The van der Waals surface area contributed by atoms with Crippen molar-refractivity contribution in [3.63, 3.8) is 0 Å². The highest BCUT2D eigenvalue weighted by molar-refractivity contribution is 5.61. The van der Waals surface area contributed by atoms with E-state index < -0.39 is 0 Å². The maximum Gasteiger partial charge on any atom is 0.255 e. The van der Waals surface area contributed by atoms with Crippen molar-refractivity contribution in [2.24, 2.45) is 0 Å². The molecule has 1 saturated carbocycles. The molecular formula is C19H20N2O. The van der Waals surface area contributed by atoms with Crippen molar-refractivity contribution in [3.8, 4) is 17.3 Å². The van der Waals surface area contributed by atoms with Crippen molar-refractivity contribution < 1.29 is 0 Å². The van der Waals surface area contributed by atoms with E-state index in [4.69, 9.17) is 5.26 Å². The third kappa shape index (κ3) is 2.69. The Morgan fingerprint density at radius 3 is 2.41 bits per heavy atom. The van der Waals surface area contributed by atoms with Crippen molar-refractivity contribution in [1.29, 1.82) is 5.26 Å². The molecule has 0 aliphatic heterocycles. The van der Waals surface area contributed by atoms with Crippen LogP contribution in [0.2, 0.25) is 0 Å². The molecule has 0 saturated heterocycles. The van der Waals surface area contributed by atoms with Gasteiger partial charge >= 0.3 is 0 Å². The van der Waals surface area contributed by atoms with Gasteiger partial charge < -0.3 is 4.57 Å². The van der Waals surface area contributed by atoms with E-state index in [9.17, 15) is 4.79 Å². The van der Waals surface area contributed by atoms with Crippen LogP contribution in [0.15, 0.2) is 41.2 Å².